The average Bonchev–Trinajstić information content (AvgIpc) is 2.67. The molecule has 1 unspecified atom stereocenters. The van der Waals surface area contributed by atoms with Crippen LogP contribution in [0.25, 0.3) is 10.9 Å². The number of piperidine rings is 1. The first-order valence-corrected chi connectivity index (χ1v) is 7.48. The lowest BCUT2D eigenvalue weighted by Crippen LogP contribution is -2.27. The molecule has 3 rings (SSSR count). The summed E-state index contributed by atoms with van der Waals surface area (Å²) in [7, 11) is 0. The lowest BCUT2D eigenvalue weighted by Gasteiger charge is -2.23. The molecule has 1 aromatic heterocycles. The molecule has 1 atom stereocenters. The molecule has 0 amide bonds. The van der Waals surface area contributed by atoms with E-state index in [0.29, 0.717) is 6.04 Å². The lowest BCUT2D eigenvalue weighted by atomic mass is 10.0. The van der Waals surface area contributed by atoms with Gasteiger partial charge in [-0.2, -0.15) is 0 Å². The van der Waals surface area contributed by atoms with Crippen molar-refractivity contribution in [2.75, 3.05) is 6.54 Å². The summed E-state index contributed by atoms with van der Waals surface area (Å²) in [6.45, 7) is 5.47. The number of halogens is 1. The minimum atomic E-state index is 0.472. The maximum absolute atomic E-state index is 3.79. The molecule has 3 heteroatoms. The molecule has 1 fully saturated rings. The minimum Gasteiger partial charge on any atom is -0.356 e. The van der Waals surface area contributed by atoms with Gasteiger partial charge in [-0.15, -0.1) is 0 Å². The molecule has 2 heterocycles. The molecular formula is C15H19BrN2. The molecule has 18 heavy (non-hydrogen) atoms. The van der Waals surface area contributed by atoms with Gasteiger partial charge in [0, 0.05) is 27.1 Å². The van der Waals surface area contributed by atoms with Crippen molar-refractivity contribution >= 4 is 26.8 Å². The first-order valence-electron chi connectivity index (χ1n) is 6.68. The second kappa shape index (κ2) is 4.71. The van der Waals surface area contributed by atoms with Gasteiger partial charge in [-0.1, -0.05) is 12.5 Å². The molecule has 2 nitrogen and oxygen atoms in total. The molecule has 1 saturated heterocycles. The van der Waals surface area contributed by atoms with Crippen molar-refractivity contribution < 1.29 is 0 Å². The first-order chi connectivity index (χ1) is 8.66. The van der Waals surface area contributed by atoms with Gasteiger partial charge in [-0.25, -0.2) is 0 Å². The Balaban J connectivity index is 2.13. The quantitative estimate of drug-likeness (QED) is 0.805. The third-order valence-corrected chi connectivity index (χ3v) is 4.69. The van der Waals surface area contributed by atoms with Crippen LogP contribution in [-0.4, -0.2) is 11.5 Å². The number of H-pyrrole nitrogens is 1. The maximum Gasteiger partial charge on any atom is 0.0484 e. The van der Waals surface area contributed by atoms with Crippen LogP contribution in [0.3, 0.4) is 0 Å². The number of fused-ring (bicyclic) bond motifs is 1. The summed E-state index contributed by atoms with van der Waals surface area (Å²) in [5.74, 6) is 0. The largest absolute Gasteiger partial charge is 0.356 e. The van der Waals surface area contributed by atoms with E-state index in [2.05, 4.69) is 52.2 Å². The highest BCUT2D eigenvalue weighted by molar-refractivity contribution is 9.10. The van der Waals surface area contributed by atoms with E-state index in [0.717, 1.165) is 6.54 Å². The topological polar surface area (TPSA) is 27.8 Å². The van der Waals surface area contributed by atoms with Gasteiger partial charge < -0.3 is 10.3 Å². The predicted molar refractivity (Wildman–Crippen MR) is 80.1 cm³/mol. The zero-order chi connectivity index (χ0) is 12.7. The van der Waals surface area contributed by atoms with Crippen molar-refractivity contribution in [2.24, 2.45) is 0 Å². The van der Waals surface area contributed by atoms with Gasteiger partial charge >= 0.3 is 0 Å². The van der Waals surface area contributed by atoms with Crippen LogP contribution in [0.4, 0.5) is 0 Å². The molecule has 0 saturated carbocycles. The van der Waals surface area contributed by atoms with Gasteiger partial charge in [0.15, 0.2) is 0 Å². The smallest absolute Gasteiger partial charge is 0.0484 e. The third-order valence-electron chi connectivity index (χ3n) is 3.86. The van der Waals surface area contributed by atoms with Crippen LogP contribution in [0.1, 0.15) is 42.1 Å². The summed E-state index contributed by atoms with van der Waals surface area (Å²) in [5, 5.41) is 4.95. The maximum atomic E-state index is 3.79. The van der Waals surface area contributed by atoms with Crippen LogP contribution < -0.4 is 5.32 Å². The molecule has 2 N–H and O–H groups in total. The first kappa shape index (κ1) is 12.2. The summed E-state index contributed by atoms with van der Waals surface area (Å²) >= 11 is 3.79. The van der Waals surface area contributed by atoms with E-state index in [9.17, 15) is 0 Å². The van der Waals surface area contributed by atoms with E-state index in [-0.39, 0.29) is 0 Å². The Labute approximate surface area is 116 Å². The number of hydrogen-bond acceptors (Lipinski definition) is 1. The molecule has 1 aliphatic rings. The van der Waals surface area contributed by atoms with Crippen molar-refractivity contribution in [3.8, 4) is 0 Å². The molecule has 1 aromatic carbocycles. The summed E-state index contributed by atoms with van der Waals surface area (Å²) in [4.78, 5) is 3.61. The zero-order valence-electron chi connectivity index (χ0n) is 10.9. The van der Waals surface area contributed by atoms with Gasteiger partial charge in [0.2, 0.25) is 0 Å². The van der Waals surface area contributed by atoms with Crippen molar-refractivity contribution in [1.29, 1.82) is 0 Å². The van der Waals surface area contributed by atoms with Crippen LogP contribution >= 0.6 is 15.9 Å². The highest BCUT2D eigenvalue weighted by Crippen LogP contribution is 2.36. The van der Waals surface area contributed by atoms with Gasteiger partial charge in [0.1, 0.15) is 0 Å². The molecule has 96 valence electrons. The van der Waals surface area contributed by atoms with Crippen LogP contribution in [0, 0.1) is 13.8 Å². The lowest BCUT2D eigenvalue weighted by molar-refractivity contribution is 0.406. The van der Waals surface area contributed by atoms with Gasteiger partial charge in [-0.05, 0) is 66.4 Å². The third kappa shape index (κ3) is 1.99. The van der Waals surface area contributed by atoms with Crippen LogP contribution in [0.5, 0.6) is 0 Å². The second-order valence-corrected chi connectivity index (χ2v) is 6.15. The normalized spacial score (nSPS) is 20.5. The Morgan fingerprint density at radius 3 is 2.78 bits per heavy atom. The summed E-state index contributed by atoms with van der Waals surface area (Å²) in [5.41, 5.74) is 5.23. The van der Waals surface area contributed by atoms with Crippen LogP contribution in [0.2, 0.25) is 0 Å². The SMILES string of the molecule is Cc1cc(C)c2c(Br)c(C3CCCCN3)[nH]c2c1. The van der Waals surface area contributed by atoms with Gasteiger partial charge in [0.05, 0.1) is 0 Å². The van der Waals surface area contributed by atoms with Crippen molar-refractivity contribution in [2.45, 2.75) is 39.2 Å². The summed E-state index contributed by atoms with van der Waals surface area (Å²) < 4.78 is 1.24. The molecule has 1 aliphatic heterocycles. The molecule has 0 radical (unpaired) electrons. The Kier molecular flexibility index (Phi) is 3.20. The number of hydrogen-bond donors (Lipinski definition) is 2. The fourth-order valence-corrected chi connectivity index (χ4v) is 3.93. The van der Waals surface area contributed by atoms with E-state index in [4.69, 9.17) is 0 Å². The number of aromatic amines is 1. The minimum absolute atomic E-state index is 0.472. The van der Waals surface area contributed by atoms with Crippen molar-refractivity contribution in [1.82, 2.24) is 10.3 Å². The average molecular weight is 307 g/mol. The standard InChI is InChI=1S/C15H19BrN2/c1-9-7-10(2)13-12(8-9)18-15(14(13)16)11-5-3-4-6-17-11/h7-8,11,17-18H,3-6H2,1-2H3. The van der Waals surface area contributed by atoms with E-state index >= 15 is 0 Å². The van der Waals surface area contributed by atoms with Crippen molar-refractivity contribution in [3.63, 3.8) is 0 Å². The fourth-order valence-electron chi connectivity index (χ4n) is 3.03. The van der Waals surface area contributed by atoms with Crippen LogP contribution in [-0.2, 0) is 0 Å². The highest BCUT2D eigenvalue weighted by Gasteiger charge is 2.21. The Morgan fingerprint density at radius 2 is 2.06 bits per heavy atom. The van der Waals surface area contributed by atoms with E-state index < -0.39 is 0 Å². The van der Waals surface area contributed by atoms with Crippen molar-refractivity contribution in [3.05, 3.63) is 33.4 Å². The van der Waals surface area contributed by atoms with E-state index in [1.54, 1.807) is 0 Å². The van der Waals surface area contributed by atoms with Gasteiger partial charge in [0.25, 0.3) is 0 Å². The molecule has 0 spiro atoms. The van der Waals surface area contributed by atoms with Crippen LogP contribution in [0.15, 0.2) is 16.6 Å². The summed E-state index contributed by atoms with van der Waals surface area (Å²) in [6.07, 6.45) is 3.84. The Hall–Kier alpha value is -0.800. The highest BCUT2D eigenvalue weighted by atomic mass is 79.9. The van der Waals surface area contributed by atoms with E-state index in [1.165, 1.54) is 51.5 Å². The fraction of sp³-hybridized carbons (Fsp3) is 0.467. The second-order valence-electron chi connectivity index (χ2n) is 5.36. The molecule has 2 aromatic rings. The monoisotopic (exact) mass is 306 g/mol. The molecule has 0 bridgehead atoms. The molecular weight excluding hydrogens is 288 g/mol. The summed E-state index contributed by atoms with van der Waals surface area (Å²) in [6, 6.07) is 4.96. The van der Waals surface area contributed by atoms with E-state index in [1.807, 2.05) is 0 Å². The number of aryl methyl sites for hydroxylation is 2. The van der Waals surface area contributed by atoms with Gasteiger partial charge in [-0.3, -0.25) is 0 Å². The zero-order valence-corrected chi connectivity index (χ0v) is 12.5. The Morgan fingerprint density at radius 1 is 1.22 bits per heavy atom. The molecule has 0 aliphatic carbocycles. The number of rotatable bonds is 1. The number of benzene rings is 1. The number of aromatic nitrogens is 1. The number of nitrogens with one attached hydrogen (secondary N) is 2. The predicted octanol–water partition coefficient (Wildman–Crippen LogP) is 4.36. The Bertz CT molecular complexity index is 580.